The number of nitrogens with zero attached hydrogens (tertiary/aromatic N) is 2. The van der Waals surface area contributed by atoms with Gasteiger partial charge in [-0.3, -0.25) is 9.36 Å². The van der Waals surface area contributed by atoms with Gasteiger partial charge < -0.3 is 9.15 Å². The van der Waals surface area contributed by atoms with E-state index in [-0.39, 0.29) is 5.56 Å². The quantitative estimate of drug-likeness (QED) is 0.320. The number of thiazole rings is 1. The summed E-state index contributed by atoms with van der Waals surface area (Å²) in [5, 5.41) is 1.04. The molecular weight excluding hydrogens is 519 g/mol. The number of carbonyl (C=O) groups excluding carboxylic acids is 1. The zero-order valence-electron chi connectivity index (χ0n) is 19.3. The molecule has 0 radical (unpaired) electrons. The van der Waals surface area contributed by atoms with Gasteiger partial charge >= 0.3 is 5.97 Å². The van der Waals surface area contributed by atoms with Gasteiger partial charge in [0.1, 0.15) is 11.5 Å². The number of methoxy groups -OCH3 is 1. The van der Waals surface area contributed by atoms with Crippen molar-refractivity contribution in [2.45, 2.75) is 19.4 Å². The van der Waals surface area contributed by atoms with Crippen LogP contribution in [0.4, 0.5) is 0 Å². The molecule has 0 saturated carbocycles. The number of rotatable bonds is 5. The molecule has 1 aliphatic heterocycles. The number of benzene rings is 2. The largest absolute Gasteiger partial charge is 0.466 e. The van der Waals surface area contributed by atoms with Gasteiger partial charge in [-0.15, -0.1) is 0 Å². The summed E-state index contributed by atoms with van der Waals surface area (Å²) in [6.07, 6.45) is 2.18. The fourth-order valence-electron chi connectivity index (χ4n) is 4.21. The highest BCUT2D eigenvalue weighted by Gasteiger charge is 2.33. The number of hydrogen-bond acceptors (Lipinski definition) is 6. The number of fused-ring (bicyclic) bond motifs is 1. The molecular formula is C27H20Cl2N2O4S. The first kappa shape index (κ1) is 24.3. The van der Waals surface area contributed by atoms with Crippen LogP contribution in [0.25, 0.3) is 17.4 Å². The number of furan rings is 1. The molecule has 3 heterocycles. The Hall–Kier alpha value is -3.39. The maximum Gasteiger partial charge on any atom is 0.338 e. The molecule has 182 valence electrons. The van der Waals surface area contributed by atoms with E-state index in [9.17, 15) is 9.59 Å². The van der Waals surface area contributed by atoms with Gasteiger partial charge in [0.05, 0.1) is 34.0 Å². The first-order valence-electron chi connectivity index (χ1n) is 11.1. The number of halogens is 2. The van der Waals surface area contributed by atoms with Crippen LogP contribution in [0.1, 0.15) is 30.7 Å². The van der Waals surface area contributed by atoms with Crippen LogP contribution in [0, 0.1) is 0 Å². The second-order valence-corrected chi connectivity index (χ2v) is 9.88. The van der Waals surface area contributed by atoms with Gasteiger partial charge in [0, 0.05) is 16.7 Å². The van der Waals surface area contributed by atoms with E-state index in [4.69, 9.17) is 32.4 Å². The number of esters is 1. The standard InChI is InChI=1S/C27H20Cl2N2O4S/c1-3-20-23(26(33)34-2)24(15-7-5-4-6-8-15)31-25(32)22(36-27(31)30-20)14-17-10-12-21(35-17)18-13-16(28)9-11-19(18)29/h4-14,24H,3H2,1-2H3/b22-14-/t24-/m0/s1. The van der Waals surface area contributed by atoms with Gasteiger partial charge in [0.25, 0.3) is 5.56 Å². The van der Waals surface area contributed by atoms with E-state index in [1.54, 1.807) is 41.0 Å². The van der Waals surface area contributed by atoms with Crippen LogP contribution in [0.15, 0.2) is 86.1 Å². The Balaban J connectivity index is 1.67. The molecule has 1 aliphatic rings. The average molecular weight is 539 g/mol. The summed E-state index contributed by atoms with van der Waals surface area (Å²) in [6, 6.07) is 17.4. The summed E-state index contributed by atoms with van der Waals surface area (Å²) in [6.45, 7) is 1.92. The monoisotopic (exact) mass is 538 g/mol. The highest BCUT2D eigenvalue weighted by Crippen LogP contribution is 2.33. The lowest BCUT2D eigenvalue weighted by Crippen LogP contribution is -2.40. The third kappa shape index (κ3) is 4.34. The van der Waals surface area contributed by atoms with E-state index < -0.39 is 12.0 Å². The Morgan fingerprint density at radius 1 is 1.17 bits per heavy atom. The Kier molecular flexibility index (Phi) is 6.71. The van der Waals surface area contributed by atoms with Gasteiger partial charge in [-0.05, 0) is 42.3 Å². The first-order valence-corrected chi connectivity index (χ1v) is 12.7. The molecule has 1 atom stereocenters. The van der Waals surface area contributed by atoms with Crippen molar-refractivity contribution in [1.29, 1.82) is 0 Å². The zero-order valence-corrected chi connectivity index (χ0v) is 21.7. The molecule has 36 heavy (non-hydrogen) atoms. The molecule has 0 bridgehead atoms. The predicted molar refractivity (Wildman–Crippen MR) is 141 cm³/mol. The fourth-order valence-corrected chi connectivity index (χ4v) is 5.59. The Bertz CT molecular complexity index is 1680. The van der Waals surface area contributed by atoms with Crippen LogP contribution < -0.4 is 14.9 Å². The minimum atomic E-state index is -0.649. The number of hydrogen-bond donors (Lipinski definition) is 0. The van der Waals surface area contributed by atoms with Gasteiger partial charge in [-0.25, -0.2) is 9.79 Å². The summed E-state index contributed by atoms with van der Waals surface area (Å²) in [4.78, 5) is 31.7. The van der Waals surface area contributed by atoms with Crippen molar-refractivity contribution in [1.82, 2.24) is 4.57 Å². The van der Waals surface area contributed by atoms with Crippen LogP contribution in [0.5, 0.6) is 0 Å². The lowest BCUT2D eigenvalue weighted by molar-refractivity contribution is -0.136. The number of aromatic nitrogens is 1. The lowest BCUT2D eigenvalue weighted by Gasteiger charge is -2.25. The van der Waals surface area contributed by atoms with Crippen molar-refractivity contribution >= 4 is 46.6 Å². The van der Waals surface area contributed by atoms with Crippen molar-refractivity contribution in [3.05, 3.63) is 113 Å². The topological polar surface area (TPSA) is 73.8 Å². The second kappa shape index (κ2) is 9.93. The molecule has 0 fully saturated rings. The maximum atomic E-state index is 13.7. The second-order valence-electron chi connectivity index (χ2n) is 8.03. The van der Waals surface area contributed by atoms with Gasteiger partial charge in [0.15, 0.2) is 4.80 Å². The summed E-state index contributed by atoms with van der Waals surface area (Å²) in [7, 11) is 1.33. The van der Waals surface area contributed by atoms with Crippen LogP contribution in [0.3, 0.4) is 0 Å². The fraction of sp³-hybridized carbons (Fsp3) is 0.148. The number of allylic oxidation sites excluding steroid dienone is 1. The van der Waals surface area contributed by atoms with Gasteiger partial charge in [-0.1, -0.05) is 71.8 Å². The van der Waals surface area contributed by atoms with Crippen molar-refractivity contribution in [2.24, 2.45) is 4.99 Å². The molecule has 4 aromatic rings. The van der Waals surface area contributed by atoms with E-state index in [1.807, 2.05) is 37.3 Å². The predicted octanol–water partition coefficient (Wildman–Crippen LogP) is 5.37. The van der Waals surface area contributed by atoms with E-state index in [0.29, 0.717) is 54.2 Å². The Morgan fingerprint density at radius 3 is 2.67 bits per heavy atom. The van der Waals surface area contributed by atoms with E-state index in [2.05, 4.69) is 4.99 Å². The summed E-state index contributed by atoms with van der Waals surface area (Å²) in [5.74, 6) is 0.503. The minimum Gasteiger partial charge on any atom is -0.466 e. The SMILES string of the molecule is CCC1=C(C(=O)OC)[C@H](c2ccccc2)n2c(s/c(=C\c3ccc(-c4cc(Cl)ccc4Cl)o3)c2=O)=N1. The van der Waals surface area contributed by atoms with E-state index in [0.717, 1.165) is 5.56 Å². The summed E-state index contributed by atoms with van der Waals surface area (Å²) >= 11 is 13.7. The molecule has 5 rings (SSSR count). The Labute approximate surface area is 220 Å². The summed E-state index contributed by atoms with van der Waals surface area (Å²) < 4.78 is 13.0. The third-order valence-electron chi connectivity index (χ3n) is 5.86. The molecule has 0 amide bonds. The van der Waals surface area contributed by atoms with Crippen molar-refractivity contribution in [3.63, 3.8) is 0 Å². The highest BCUT2D eigenvalue weighted by atomic mass is 35.5. The normalized spacial score (nSPS) is 15.6. The number of ether oxygens (including phenoxy) is 1. The first-order chi connectivity index (χ1) is 17.4. The molecule has 0 aliphatic carbocycles. The zero-order chi connectivity index (χ0) is 25.4. The van der Waals surface area contributed by atoms with Crippen LogP contribution in [-0.2, 0) is 9.53 Å². The van der Waals surface area contributed by atoms with Crippen molar-refractivity contribution in [3.8, 4) is 11.3 Å². The number of carbonyl (C=O) groups is 1. The van der Waals surface area contributed by atoms with Crippen LogP contribution in [0.2, 0.25) is 10.0 Å². The highest BCUT2D eigenvalue weighted by molar-refractivity contribution is 7.07. The average Bonchev–Trinajstić information content (AvgIpc) is 3.48. The van der Waals surface area contributed by atoms with Crippen LogP contribution in [-0.4, -0.2) is 17.6 Å². The van der Waals surface area contributed by atoms with E-state index >= 15 is 0 Å². The minimum absolute atomic E-state index is 0.275. The molecule has 2 aromatic carbocycles. The smallest absolute Gasteiger partial charge is 0.338 e. The van der Waals surface area contributed by atoms with Crippen molar-refractivity contribution in [2.75, 3.05) is 7.11 Å². The lowest BCUT2D eigenvalue weighted by atomic mass is 9.95. The molecule has 0 spiro atoms. The molecule has 9 heteroatoms. The van der Waals surface area contributed by atoms with Crippen molar-refractivity contribution < 1.29 is 13.9 Å². The van der Waals surface area contributed by atoms with E-state index in [1.165, 1.54) is 18.4 Å². The Morgan fingerprint density at radius 2 is 1.94 bits per heavy atom. The molecule has 2 aromatic heterocycles. The van der Waals surface area contributed by atoms with Crippen LogP contribution >= 0.6 is 34.5 Å². The molecule has 0 N–H and O–H groups in total. The molecule has 6 nitrogen and oxygen atoms in total. The molecule has 0 unspecified atom stereocenters. The van der Waals surface area contributed by atoms with Gasteiger partial charge in [0.2, 0.25) is 0 Å². The molecule has 0 saturated heterocycles. The summed E-state index contributed by atoms with van der Waals surface area (Å²) in [5.41, 5.74) is 2.13. The maximum absolute atomic E-state index is 13.7. The third-order valence-corrected chi connectivity index (χ3v) is 7.41. The van der Waals surface area contributed by atoms with Gasteiger partial charge in [-0.2, -0.15) is 0 Å².